The first-order valence-electron chi connectivity index (χ1n) is 7.82. The van der Waals surface area contributed by atoms with E-state index in [1.807, 2.05) is 19.9 Å². The molecule has 2 N–H and O–H groups in total. The van der Waals surface area contributed by atoms with Crippen LogP contribution in [0.2, 0.25) is 0 Å². The van der Waals surface area contributed by atoms with Gasteiger partial charge in [-0.05, 0) is 44.5 Å². The molecule has 1 aromatic carbocycles. The van der Waals surface area contributed by atoms with Gasteiger partial charge in [0.2, 0.25) is 0 Å². The number of carbonyl (C=O) groups is 1. The van der Waals surface area contributed by atoms with Crippen molar-refractivity contribution in [2.24, 2.45) is 0 Å². The molecule has 0 bridgehead atoms. The molecule has 0 fully saturated rings. The van der Waals surface area contributed by atoms with E-state index in [4.69, 9.17) is 10.2 Å². The monoisotopic (exact) mass is 335 g/mol. The van der Waals surface area contributed by atoms with Gasteiger partial charge < -0.3 is 15.1 Å². The van der Waals surface area contributed by atoms with Crippen molar-refractivity contribution in [2.45, 2.75) is 20.3 Å². The van der Waals surface area contributed by atoms with Gasteiger partial charge in [-0.25, -0.2) is 9.07 Å². The molecule has 0 spiro atoms. The average molecular weight is 335 g/mol. The largest absolute Gasteiger partial charge is 0.396 e. The highest BCUT2D eigenvalue weighted by Gasteiger charge is 2.18. The molecule has 2 rings (SSSR count). The van der Waals surface area contributed by atoms with Crippen LogP contribution >= 0.6 is 0 Å². The molecule has 0 radical (unpaired) electrons. The topological polar surface area (TPSA) is 78.6 Å². The second kappa shape index (κ2) is 8.03. The number of aryl methyl sites for hydroxylation is 2. The molecule has 130 valence electrons. The van der Waals surface area contributed by atoms with Gasteiger partial charge in [-0.15, -0.1) is 0 Å². The van der Waals surface area contributed by atoms with Crippen molar-refractivity contribution < 1.29 is 19.4 Å². The zero-order valence-electron chi connectivity index (χ0n) is 13.9. The summed E-state index contributed by atoms with van der Waals surface area (Å²) < 4.78 is 16.0. The number of halogens is 1. The first-order valence-corrected chi connectivity index (χ1v) is 7.82. The fourth-order valence-electron chi connectivity index (χ4n) is 2.56. The van der Waals surface area contributed by atoms with Crippen LogP contribution in [0.15, 0.2) is 24.3 Å². The van der Waals surface area contributed by atoms with Crippen molar-refractivity contribution in [3.8, 4) is 5.69 Å². The van der Waals surface area contributed by atoms with Crippen molar-refractivity contribution in [3.63, 3.8) is 0 Å². The molecule has 0 aliphatic rings. The third kappa shape index (κ3) is 3.98. The van der Waals surface area contributed by atoms with Crippen LogP contribution in [0.1, 0.15) is 28.2 Å². The second-order valence-electron chi connectivity index (χ2n) is 5.60. The van der Waals surface area contributed by atoms with Crippen LogP contribution in [-0.2, 0) is 0 Å². The van der Waals surface area contributed by atoms with Crippen LogP contribution in [0, 0.1) is 19.7 Å². The highest BCUT2D eigenvalue weighted by Crippen LogP contribution is 2.18. The van der Waals surface area contributed by atoms with Gasteiger partial charge in [0.1, 0.15) is 11.5 Å². The van der Waals surface area contributed by atoms with E-state index in [9.17, 15) is 9.18 Å². The van der Waals surface area contributed by atoms with Crippen LogP contribution in [0.3, 0.4) is 0 Å². The molecule has 0 aliphatic heterocycles. The molecule has 0 atom stereocenters. The molecule has 24 heavy (non-hydrogen) atoms. The molecule has 0 unspecified atom stereocenters. The maximum absolute atomic E-state index is 14.5. The third-order valence-corrected chi connectivity index (χ3v) is 3.68. The summed E-state index contributed by atoms with van der Waals surface area (Å²) in [5, 5.41) is 22.2. The van der Waals surface area contributed by atoms with Crippen molar-refractivity contribution in [2.75, 3.05) is 26.3 Å². The Morgan fingerprint density at radius 1 is 1.21 bits per heavy atom. The normalized spacial score (nSPS) is 10.9. The molecule has 0 saturated carbocycles. The van der Waals surface area contributed by atoms with E-state index in [1.165, 1.54) is 21.7 Å². The second-order valence-corrected chi connectivity index (χ2v) is 5.60. The van der Waals surface area contributed by atoms with Gasteiger partial charge in [0.05, 0.1) is 12.3 Å². The number of amides is 1. The highest BCUT2D eigenvalue weighted by atomic mass is 19.1. The van der Waals surface area contributed by atoms with E-state index in [1.54, 1.807) is 6.07 Å². The number of aliphatic hydroxyl groups is 2. The Hall–Kier alpha value is -2.25. The molecular weight excluding hydrogens is 313 g/mol. The lowest BCUT2D eigenvalue weighted by Gasteiger charge is -2.21. The van der Waals surface area contributed by atoms with Gasteiger partial charge in [-0.1, -0.05) is 0 Å². The van der Waals surface area contributed by atoms with E-state index in [0.717, 1.165) is 11.4 Å². The summed E-state index contributed by atoms with van der Waals surface area (Å²) >= 11 is 0. The molecule has 6 nitrogen and oxygen atoms in total. The predicted octanol–water partition coefficient (Wildman–Crippen LogP) is 1.45. The molecule has 1 amide bonds. The first kappa shape index (κ1) is 18.1. The lowest BCUT2D eigenvalue weighted by Crippen LogP contribution is -2.35. The van der Waals surface area contributed by atoms with Crippen molar-refractivity contribution in [1.82, 2.24) is 14.7 Å². The number of hydrogen-bond donors (Lipinski definition) is 2. The van der Waals surface area contributed by atoms with Crippen LogP contribution in [0.5, 0.6) is 0 Å². The minimum absolute atomic E-state index is 0.0551. The van der Waals surface area contributed by atoms with E-state index in [2.05, 4.69) is 5.10 Å². The summed E-state index contributed by atoms with van der Waals surface area (Å²) in [5.41, 5.74) is 2.06. The molecule has 1 aromatic heterocycles. The van der Waals surface area contributed by atoms with E-state index in [-0.39, 0.29) is 36.9 Å². The fourth-order valence-corrected chi connectivity index (χ4v) is 2.56. The Labute approximate surface area is 140 Å². The van der Waals surface area contributed by atoms with Gasteiger partial charge in [-0.2, -0.15) is 5.10 Å². The minimum Gasteiger partial charge on any atom is -0.396 e. The Morgan fingerprint density at radius 3 is 2.50 bits per heavy atom. The highest BCUT2D eigenvalue weighted by molar-refractivity contribution is 5.94. The lowest BCUT2D eigenvalue weighted by molar-refractivity contribution is 0.0709. The maximum Gasteiger partial charge on any atom is 0.254 e. The van der Waals surface area contributed by atoms with Crippen LogP contribution in [0.25, 0.3) is 5.69 Å². The van der Waals surface area contributed by atoms with Gasteiger partial charge >= 0.3 is 0 Å². The zero-order chi connectivity index (χ0) is 17.7. The summed E-state index contributed by atoms with van der Waals surface area (Å²) in [7, 11) is 0. The number of rotatable bonds is 7. The number of aromatic nitrogens is 2. The Kier molecular flexibility index (Phi) is 6.05. The number of benzene rings is 1. The summed E-state index contributed by atoms with van der Waals surface area (Å²) in [4.78, 5) is 13.9. The molecule has 7 heteroatoms. The van der Waals surface area contributed by atoms with Crippen molar-refractivity contribution in [1.29, 1.82) is 0 Å². The number of carbonyl (C=O) groups excluding carboxylic acids is 1. The summed E-state index contributed by atoms with van der Waals surface area (Å²) in [5.74, 6) is -0.922. The van der Waals surface area contributed by atoms with E-state index >= 15 is 0 Å². The average Bonchev–Trinajstić information content (AvgIpc) is 2.89. The lowest BCUT2D eigenvalue weighted by atomic mass is 10.1. The smallest absolute Gasteiger partial charge is 0.254 e. The quantitative estimate of drug-likeness (QED) is 0.803. The number of nitrogens with zero attached hydrogens (tertiary/aromatic N) is 3. The third-order valence-electron chi connectivity index (χ3n) is 3.68. The minimum atomic E-state index is -0.543. The zero-order valence-corrected chi connectivity index (χ0v) is 13.9. The first-order chi connectivity index (χ1) is 11.5. The van der Waals surface area contributed by atoms with Gasteiger partial charge in [0.25, 0.3) is 5.91 Å². The summed E-state index contributed by atoms with van der Waals surface area (Å²) in [6.45, 7) is 3.85. The summed E-state index contributed by atoms with van der Waals surface area (Å²) in [6.07, 6.45) is 0.401. The number of aliphatic hydroxyl groups excluding tert-OH is 2. The Bertz CT molecular complexity index is 715. The fraction of sp³-hybridized carbons (Fsp3) is 0.412. The van der Waals surface area contributed by atoms with Crippen LogP contribution < -0.4 is 0 Å². The van der Waals surface area contributed by atoms with Crippen molar-refractivity contribution in [3.05, 3.63) is 47.0 Å². The van der Waals surface area contributed by atoms with Gasteiger partial charge in [0, 0.05) is 31.0 Å². The molecule has 1 heterocycles. The standard InChI is InChI=1S/C17H22FN3O3/c1-12-10-13(2)21(19-12)16-5-4-14(11-15(16)18)17(24)20(7-9-23)6-3-8-22/h4-5,10-11,22-23H,3,6-9H2,1-2H3. The molecule has 0 aliphatic carbocycles. The molecular formula is C17H22FN3O3. The Morgan fingerprint density at radius 2 is 1.96 bits per heavy atom. The number of hydrogen-bond acceptors (Lipinski definition) is 4. The Balaban J connectivity index is 2.27. The van der Waals surface area contributed by atoms with Crippen LogP contribution in [0.4, 0.5) is 4.39 Å². The SMILES string of the molecule is Cc1cc(C)n(-c2ccc(C(=O)N(CCO)CCCO)cc2F)n1. The van der Waals surface area contributed by atoms with Gasteiger partial charge in [0.15, 0.2) is 0 Å². The van der Waals surface area contributed by atoms with E-state index < -0.39 is 5.82 Å². The maximum atomic E-state index is 14.5. The van der Waals surface area contributed by atoms with Crippen molar-refractivity contribution >= 4 is 5.91 Å². The van der Waals surface area contributed by atoms with E-state index in [0.29, 0.717) is 13.0 Å². The molecule has 2 aromatic rings. The summed E-state index contributed by atoms with van der Waals surface area (Å²) in [6, 6.07) is 6.08. The predicted molar refractivity (Wildman–Crippen MR) is 87.7 cm³/mol. The molecule has 0 saturated heterocycles. The van der Waals surface area contributed by atoms with Gasteiger partial charge in [-0.3, -0.25) is 4.79 Å². The van der Waals surface area contributed by atoms with Crippen LogP contribution in [-0.4, -0.2) is 57.1 Å².